The van der Waals surface area contributed by atoms with Gasteiger partial charge in [-0.15, -0.1) is 0 Å². The fourth-order valence-corrected chi connectivity index (χ4v) is 6.95. The summed E-state index contributed by atoms with van der Waals surface area (Å²) < 4.78 is 16.8. The molecule has 0 aliphatic carbocycles. The van der Waals surface area contributed by atoms with Gasteiger partial charge in [0.1, 0.15) is 13.2 Å². The molecule has 0 aliphatic heterocycles. The van der Waals surface area contributed by atoms with Crippen molar-refractivity contribution in [2.24, 2.45) is 0 Å². The van der Waals surface area contributed by atoms with E-state index in [9.17, 15) is 14.4 Å². The molecule has 0 saturated carbocycles. The zero-order chi connectivity index (χ0) is 50.0. The van der Waals surface area contributed by atoms with Gasteiger partial charge < -0.3 is 14.2 Å². The number of carbonyl (C=O) groups is 3. The van der Waals surface area contributed by atoms with E-state index in [2.05, 4.69) is 154 Å². The molecule has 0 aromatic carbocycles. The number of allylic oxidation sites excluding steroid dienone is 22. The molecule has 0 aliphatic rings. The third-order valence-electron chi connectivity index (χ3n) is 11.1. The maximum Gasteiger partial charge on any atom is 0.306 e. The van der Waals surface area contributed by atoms with Crippen LogP contribution in [-0.4, -0.2) is 37.2 Å². The van der Waals surface area contributed by atoms with Crippen molar-refractivity contribution in [1.82, 2.24) is 0 Å². The first-order valence-corrected chi connectivity index (χ1v) is 27.7. The van der Waals surface area contributed by atoms with Crippen LogP contribution in [-0.2, 0) is 28.6 Å². The first-order valence-electron chi connectivity index (χ1n) is 27.7. The summed E-state index contributed by atoms with van der Waals surface area (Å²) in [6.45, 7) is 6.37. The molecule has 0 unspecified atom stereocenters. The molecule has 0 amide bonds. The predicted octanol–water partition coefficient (Wildman–Crippen LogP) is 18.6. The number of esters is 3. The first kappa shape index (κ1) is 64.5. The average molecular weight is 953 g/mol. The summed E-state index contributed by atoms with van der Waals surface area (Å²) in [5.41, 5.74) is 0. The van der Waals surface area contributed by atoms with Gasteiger partial charge in [0.25, 0.3) is 0 Å². The highest BCUT2D eigenvalue weighted by Crippen LogP contribution is 2.12. The minimum atomic E-state index is -0.826. The van der Waals surface area contributed by atoms with Crippen LogP contribution < -0.4 is 0 Å². The Morgan fingerprint density at radius 1 is 0.304 bits per heavy atom. The van der Waals surface area contributed by atoms with Gasteiger partial charge in [0.2, 0.25) is 0 Å². The maximum atomic E-state index is 12.8. The minimum absolute atomic E-state index is 0.122. The lowest BCUT2D eigenvalue weighted by atomic mass is 10.1. The van der Waals surface area contributed by atoms with Crippen molar-refractivity contribution in [3.05, 3.63) is 134 Å². The number of carbonyl (C=O) groups excluding carboxylic acids is 3. The van der Waals surface area contributed by atoms with Crippen molar-refractivity contribution in [2.45, 2.75) is 232 Å². The van der Waals surface area contributed by atoms with E-state index >= 15 is 0 Å². The molecule has 0 radical (unpaired) electrons. The Hall–Kier alpha value is -4.45. The largest absolute Gasteiger partial charge is 0.462 e. The lowest BCUT2D eigenvalue weighted by Crippen LogP contribution is -2.30. The van der Waals surface area contributed by atoms with Crippen LogP contribution in [0.15, 0.2) is 134 Å². The standard InChI is InChI=1S/C63H100O6/c1-4-7-10-13-16-19-22-25-28-30-31-33-35-38-41-44-47-50-53-56-62(65)68-59-60(58-67-61(64)55-52-49-46-43-40-37-34-27-24-21-18-15-12-9-6-3)69-63(66)57-54-51-48-45-42-39-36-32-29-26-23-20-17-14-11-8-5-2/h9,12,16-21,25-29,31,33-34,36,38-41,43,60H,4-8,10-11,13-15,22-24,30,32,35,37,42,44-59H2,1-3H3/b12-9-,19-16-,20-17-,21-18-,28-25-,29-26-,33-31-,34-27-,39-36-,41-38-,43-40-/t60-/m1/s1. The van der Waals surface area contributed by atoms with Crippen molar-refractivity contribution in [3.63, 3.8) is 0 Å². The molecule has 69 heavy (non-hydrogen) atoms. The van der Waals surface area contributed by atoms with Gasteiger partial charge in [-0.1, -0.05) is 199 Å². The van der Waals surface area contributed by atoms with Gasteiger partial charge in [0, 0.05) is 19.3 Å². The molecule has 6 nitrogen and oxygen atoms in total. The van der Waals surface area contributed by atoms with Crippen molar-refractivity contribution in [2.75, 3.05) is 13.2 Å². The molecular formula is C63H100O6. The van der Waals surface area contributed by atoms with E-state index in [0.717, 1.165) is 128 Å². The molecule has 6 heteroatoms. The Morgan fingerprint density at radius 2 is 0.565 bits per heavy atom. The molecular weight excluding hydrogens is 853 g/mol. The molecule has 0 heterocycles. The van der Waals surface area contributed by atoms with Crippen LogP contribution >= 0.6 is 0 Å². The fourth-order valence-electron chi connectivity index (χ4n) is 6.95. The molecule has 1 atom stereocenters. The lowest BCUT2D eigenvalue weighted by molar-refractivity contribution is -0.167. The van der Waals surface area contributed by atoms with Crippen LogP contribution in [0, 0.1) is 0 Å². The molecule has 0 aromatic heterocycles. The number of rotatable bonds is 48. The molecule has 0 rings (SSSR count). The summed E-state index contributed by atoms with van der Waals surface area (Å²) in [7, 11) is 0. The van der Waals surface area contributed by atoms with Crippen LogP contribution in [0.2, 0.25) is 0 Å². The molecule has 0 N–H and O–H groups in total. The van der Waals surface area contributed by atoms with E-state index in [0.29, 0.717) is 12.8 Å². The van der Waals surface area contributed by atoms with Crippen molar-refractivity contribution in [3.8, 4) is 0 Å². The van der Waals surface area contributed by atoms with E-state index in [-0.39, 0.29) is 44.0 Å². The first-order chi connectivity index (χ1) is 34.0. The number of hydrogen-bond donors (Lipinski definition) is 0. The highest BCUT2D eigenvalue weighted by molar-refractivity contribution is 5.71. The smallest absolute Gasteiger partial charge is 0.306 e. The van der Waals surface area contributed by atoms with Crippen molar-refractivity contribution in [1.29, 1.82) is 0 Å². The number of unbranched alkanes of at least 4 members (excludes halogenated alkanes) is 15. The Labute approximate surface area is 424 Å². The normalized spacial score (nSPS) is 13.1. The fraction of sp³-hybridized carbons (Fsp3) is 0.603. The van der Waals surface area contributed by atoms with Crippen LogP contribution in [0.4, 0.5) is 0 Å². The van der Waals surface area contributed by atoms with Gasteiger partial charge >= 0.3 is 17.9 Å². The van der Waals surface area contributed by atoms with Gasteiger partial charge in [0.15, 0.2) is 6.10 Å². The highest BCUT2D eigenvalue weighted by Gasteiger charge is 2.19. The van der Waals surface area contributed by atoms with Gasteiger partial charge in [-0.2, -0.15) is 0 Å². The van der Waals surface area contributed by atoms with E-state index in [1.165, 1.54) is 51.4 Å². The van der Waals surface area contributed by atoms with Crippen molar-refractivity contribution >= 4 is 17.9 Å². The quantitative estimate of drug-likeness (QED) is 0.0262. The third kappa shape index (κ3) is 54.4. The summed E-state index contributed by atoms with van der Waals surface area (Å²) in [6.07, 6.45) is 78.6. The monoisotopic (exact) mass is 953 g/mol. The van der Waals surface area contributed by atoms with E-state index < -0.39 is 6.10 Å². The highest BCUT2D eigenvalue weighted by atomic mass is 16.6. The average Bonchev–Trinajstić information content (AvgIpc) is 3.35. The number of ether oxygens (including phenoxy) is 3. The summed E-state index contributed by atoms with van der Waals surface area (Å²) in [4.78, 5) is 38.1. The Balaban J connectivity index is 4.58. The van der Waals surface area contributed by atoms with E-state index in [1.54, 1.807) is 0 Å². The summed E-state index contributed by atoms with van der Waals surface area (Å²) >= 11 is 0. The second-order valence-corrected chi connectivity index (χ2v) is 17.7. The summed E-state index contributed by atoms with van der Waals surface area (Å²) in [5, 5.41) is 0. The zero-order valence-electron chi connectivity index (χ0n) is 44.3. The predicted molar refractivity (Wildman–Crippen MR) is 297 cm³/mol. The van der Waals surface area contributed by atoms with E-state index in [4.69, 9.17) is 14.2 Å². The molecule has 0 aromatic rings. The topological polar surface area (TPSA) is 78.9 Å². The summed E-state index contributed by atoms with van der Waals surface area (Å²) in [6, 6.07) is 0. The van der Waals surface area contributed by atoms with Gasteiger partial charge in [-0.25, -0.2) is 0 Å². The second-order valence-electron chi connectivity index (χ2n) is 17.7. The van der Waals surface area contributed by atoms with E-state index in [1.807, 2.05) is 0 Å². The SMILES string of the molecule is CC/C=C\C/C=C\C/C=C\C/C=C\CCCCC(=O)OC[C@H](COC(=O)CCCCC/C=C\C/C=C\C/C=C\C/C=C\CCCCC)OC(=O)CCCCCC/C=C\C/C=C\C/C=C\CCCCC. The molecule has 0 bridgehead atoms. The van der Waals surface area contributed by atoms with Crippen LogP contribution in [0.25, 0.3) is 0 Å². The maximum absolute atomic E-state index is 12.8. The lowest BCUT2D eigenvalue weighted by Gasteiger charge is -2.18. The Kier molecular flexibility index (Phi) is 52.5. The molecule has 0 fully saturated rings. The molecule has 388 valence electrons. The van der Waals surface area contributed by atoms with Crippen LogP contribution in [0.1, 0.15) is 226 Å². The van der Waals surface area contributed by atoms with Gasteiger partial charge in [-0.05, 0) is 141 Å². The van der Waals surface area contributed by atoms with Crippen LogP contribution in [0.3, 0.4) is 0 Å². The third-order valence-corrected chi connectivity index (χ3v) is 11.1. The zero-order valence-corrected chi connectivity index (χ0v) is 44.3. The molecule has 0 spiro atoms. The van der Waals surface area contributed by atoms with Gasteiger partial charge in [-0.3, -0.25) is 14.4 Å². The van der Waals surface area contributed by atoms with Crippen molar-refractivity contribution < 1.29 is 28.6 Å². The Morgan fingerprint density at radius 3 is 0.913 bits per heavy atom. The minimum Gasteiger partial charge on any atom is -0.462 e. The summed E-state index contributed by atoms with van der Waals surface area (Å²) in [5.74, 6) is -1.02. The molecule has 0 saturated heterocycles. The van der Waals surface area contributed by atoms with Crippen LogP contribution in [0.5, 0.6) is 0 Å². The number of hydrogen-bond acceptors (Lipinski definition) is 6. The second kappa shape index (κ2) is 56.1. The Bertz CT molecular complexity index is 1510. The van der Waals surface area contributed by atoms with Gasteiger partial charge in [0.05, 0.1) is 0 Å².